The second-order valence-electron chi connectivity index (χ2n) is 8.32. The van der Waals surface area contributed by atoms with Crippen LogP contribution in [0.15, 0.2) is 4.99 Å². The molecule has 26 heavy (non-hydrogen) atoms. The van der Waals surface area contributed by atoms with Gasteiger partial charge in [-0.15, -0.1) is 0 Å². The zero-order valence-electron chi connectivity index (χ0n) is 16.0. The summed E-state index contributed by atoms with van der Waals surface area (Å²) in [7, 11) is 3.55. The number of rotatable bonds is 4. The maximum atomic E-state index is 12.0. The van der Waals surface area contributed by atoms with Gasteiger partial charge in [-0.05, 0) is 32.1 Å². The summed E-state index contributed by atoms with van der Waals surface area (Å²) >= 11 is 0. The summed E-state index contributed by atoms with van der Waals surface area (Å²) in [5.41, 5.74) is 0. The fourth-order valence-corrected chi connectivity index (χ4v) is 4.86. The topological polar surface area (TPSA) is 66.4 Å². The van der Waals surface area contributed by atoms with Gasteiger partial charge in [0.05, 0.1) is 18.3 Å². The van der Waals surface area contributed by atoms with Crippen molar-refractivity contribution in [2.45, 2.75) is 50.4 Å². The molecule has 1 amide bonds. The molecule has 7 nitrogen and oxygen atoms in total. The van der Waals surface area contributed by atoms with Gasteiger partial charge in [-0.2, -0.15) is 0 Å². The number of fused-ring (bicyclic) bond motifs is 5. The number of hydrogen-bond donors (Lipinski definition) is 1. The number of carbonyl (C=O) groups excluding carboxylic acids is 1. The summed E-state index contributed by atoms with van der Waals surface area (Å²) in [6, 6.07) is 0. The lowest BCUT2D eigenvalue weighted by atomic mass is 9.82. The van der Waals surface area contributed by atoms with Crippen LogP contribution < -0.4 is 5.32 Å². The zero-order chi connectivity index (χ0) is 18.1. The fourth-order valence-electron chi connectivity index (χ4n) is 4.86. The number of hydrogen-bond acceptors (Lipinski definition) is 4. The Morgan fingerprint density at radius 2 is 1.88 bits per heavy atom. The summed E-state index contributed by atoms with van der Waals surface area (Å²) < 4.78 is 11.9. The first-order valence-corrected chi connectivity index (χ1v) is 10.1. The van der Waals surface area contributed by atoms with Crippen molar-refractivity contribution in [3.05, 3.63) is 0 Å². The number of nitrogens with one attached hydrogen (secondary N) is 1. The molecule has 5 atom stereocenters. The van der Waals surface area contributed by atoms with E-state index < -0.39 is 0 Å². The molecule has 4 saturated heterocycles. The molecule has 4 heterocycles. The molecule has 0 aromatic heterocycles. The van der Waals surface area contributed by atoms with E-state index in [0.29, 0.717) is 24.0 Å². The highest BCUT2D eigenvalue weighted by molar-refractivity contribution is 5.85. The van der Waals surface area contributed by atoms with E-state index in [1.165, 1.54) is 19.3 Å². The lowest BCUT2D eigenvalue weighted by Crippen LogP contribution is -2.45. The van der Waals surface area contributed by atoms with Gasteiger partial charge < -0.3 is 24.6 Å². The zero-order valence-corrected chi connectivity index (χ0v) is 16.0. The van der Waals surface area contributed by atoms with E-state index in [1.54, 1.807) is 19.0 Å². The molecule has 4 aliphatic rings. The maximum Gasteiger partial charge on any atom is 0.243 e. The quantitative estimate of drug-likeness (QED) is 0.588. The van der Waals surface area contributed by atoms with Crippen LogP contribution in [0.25, 0.3) is 0 Å². The molecule has 4 aliphatic heterocycles. The molecule has 0 aliphatic carbocycles. The van der Waals surface area contributed by atoms with Crippen molar-refractivity contribution in [3.63, 3.8) is 0 Å². The molecule has 4 rings (SSSR count). The highest BCUT2D eigenvalue weighted by atomic mass is 16.5. The van der Waals surface area contributed by atoms with E-state index in [9.17, 15) is 4.79 Å². The van der Waals surface area contributed by atoms with Crippen LogP contribution in [0.4, 0.5) is 0 Å². The Labute approximate surface area is 156 Å². The number of guanidine groups is 1. The average molecular weight is 364 g/mol. The molecule has 0 aromatic rings. The van der Waals surface area contributed by atoms with Crippen LogP contribution in [0.2, 0.25) is 0 Å². The van der Waals surface area contributed by atoms with E-state index in [1.807, 2.05) is 0 Å². The molecule has 5 unspecified atom stereocenters. The standard InChI is InChI=1S/C19H32N4O3/c1-22(2)18(24)10-21-19(20-9-13-5-3-4-8-25-13)23-11-14-15(12-23)17-7-6-16(14)26-17/h13-17H,3-12H2,1-2H3,(H,20,21). The molecule has 146 valence electrons. The summed E-state index contributed by atoms with van der Waals surface area (Å²) in [4.78, 5) is 20.6. The highest BCUT2D eigenvalue weighted by Gasteiger charge is 2.53. The van der Waals surface area contributed by atoms with Gasteiger partial charge in [-0.25, -0.2) is 4.99 Å². The van der Waals surface area contributed by atoms with Crippen molar-refractivity contribution >= 4 is 11.9 Å². The van der Waals surface area contributed by atoms with Crippen molar-refractivity contribution < 1.29 is 14.3 Å². The van der Waals surface area contributed by atoms with Crippen molar-refractivity contribution in [3.8, 4) is 0 Å². The van der Waals surface area contributed by atoms with Gasteiger partial charge >= 0.3 is 0 Å². The van der Waals surface area contributed by atoms with Gasteiger partial charge in [0, 0.05) is 52.2 Å². The number of aliphatic imine (C=N–C) groups is 1. The SMILES string of the molecule is CN(C)C(=O)CN=C(NCC1CCCCO1)N1CC2C3CCC(O3)C2C1. The van der Waals surface area contributed by atoms with E-state index in [0.717, 1.165) is 45.0 Å². The maximum absolute atomic E-state index is 12.0. The van der Waals surface area contributed by atoms with E-state index in [4.69, 9.17) is 9.47 Å². The third-order valence-corrected chi connectivity index (χ3v) is 6.38. The van der Waals surface area contributed by atoms with E-state index >= 15 is 0 Å². The molecule has 4 fully saturated rings. The molecule has 7 heteroatoms. The highest BCUT2D eigenvalue weighted by Crippen LogP contribution is 2.47. The normalized spacial score (nSPS) is 36.3. The molecular formula is C19H32N4O3. The molecule has 2 bridgehead atoms. The van der Waals surface area contributed by atoms with Gasteiger partial charge in [0.25, 0.3) is 0 Å². The second kappa shape index (κ2) is 7.72. The Bertz CT molecular complexity index is 529. The van der Waals surface area contributed by atoms with E-state index in [2.05, 4.69) is 15.2 Å². The lowest BCUT2D eigenvalue weighted by molar-refractivity contribution is -0.127. The number of carbonyl (C=O) groups is 1. The fraction of sp³-hybridized carbons (Fsp3) is 0.895. The Hall–Kier alpha value is -1.34. The molecule has 0 aromatic carbocycles. The minimum Gasteiger partial charge on any atom is -0.376 e. The smallest absolute Gasteiger partial charge is 0.243 e. The first-order valence-electron chi connectivity index (χ1n) is 10.1. The second-order valence-corrected chi connectivity index (χ2v) is 8.32. The van der Waals surface area contributed by atoms with Crippen LogP contribution in [0, 0.1) is 11.8 Å². The van der Waals surface area contributed by atoms with Crippen LogP contribution in [-0.4, -0.2) is 86.9 Å². The summed E-state index contributed by atoms with van der Waals surface area (Å²) in [5.74, 6) is 2.14. The van der Waals surface area contributed by atoms with Crippen molar-refractivity contribution in [1.29, 1.82) is 0 Å². The Morgan fingerprint density at radius 1 is 1.15 bits per heavy atom. The van der Waals surface area contributed by atoms with Gasteiger partial charge in [0.2, 0.25) is 5.91 Å². The molecule has 0 spiro atoms. The lowest BCUT2D eigenvalue weighted by Gasteiger charge is -2.27. The van der Waals surface area contributed by atoms with Crippen LogP contribution in [0.1, 0.15) is 32.1 Å². The molecule has 0 radical (unpaired) electrons. The minimum atomic E-state index is 0.0287. The first-order chi connectivity index (χ1) is 12.6. The van der Waals surface area contributed by atoms with Crippen molar-refractivity contribution in [2.75, 3.05) is 46.9 Å². The van der Waals surface area contributed by atoms with Gasteiger partial charge in [-0.1, -0.05) is 0 Å². The predicted octanol–water partition coefficient (Wildman–Crippen LogP) is 0.699. The van der Waals surface area contributed by atoms with Crippen LogP contribution in [0.5, 0.6) is 0 Å². The average Bonchev–Trinajstić information content (AvgIpc) is 3.35. The van der Waals surface area contributed by atoms with Crippen molar-refractivity contribution in [2.24, 2.45) is 16.8 Å². The molecule has 0 saturated carbocycles. The van der Waals surface area contributed by atoms with Crippen LogP contribution >= 0.6 is 0 Å². The van der Waals surface area contributed by atoms with Gasteiger partial charge in [-0.3, -0.25) is 4.79 Å². The Kier molecular flexibility index (Phi) is 5.36. The first kappa shape index (κ1) is 18.0. The Balaban J connectivity index is 1.40. The largest absolute Gasteiger partial charge is 0.376 e. The third kappa shape index (κ3) is 3.69. The number of likely N-dealkylation sites (tertiary alicyclic amines) is 1. The summed E-state index contributed by atoms with van der Waals surface area (Å²) in [5, 5.41) is 3.50. The summed E-state index contributed by atoms with van der Waals surface area (Å²) in [6.07, 6.45) is 7.01. The monoisotopic (exact) mass is 364 g/mol. The number of amides is 1. The predicted molar refractivity (Wildman–Crippen MR) is 99.0 cm³/mol. The third-order valence-electron chi connectivity index (χ3n) is 6.38. The van der Waals surface area contributed by atoms with Gasteiger partial charge in [0.1, 0.15) is 6.54 Å². The number of nitrogens with zero attached hydrogens (tertiary/aromatic N) is 3. The Morgan fingerprint density at radius 3 is 2.50 bits per heavy atom. The minimum absolute atomic E-state index is 0.0287. The number of ether oxygens (including phenoxy) is 2. The van der Waals surface area contributed by atoms with Crippen molar-refractivity contribution in [1.82, 2.24) is 15.1 Å². The van der Waals surface area contributed by atoms with Crippen LogP contribution in [0.3, 0.4) is 0 Å². The molecule has 1 N–H and O–H groups in total. The molecular weight excluding hydrogens is 332 g/mol. The summed E-state index contributed by atoms with van der Waals surface area (Å²) in [6.45, 7) is 3.78. The van der Waals surface area contributed by atoms with Crippen LogP contribution in [-0.2, 0) is 14.3 Å². The van der Waals surface area contributed by atoms with Gasteiger partial charge in [0.15, 0.2) is 5.96 Å². The van der Waals surface area contributed by atoms with E-state index in [-0.39, 0.29) is 18.6 Å². The number of likely N-dealkylation sites (N-methyl/N-ethyl adjacent to an activating group) is 1.